The van der Waals surface area contributed by atoms with Gasteiger partial charge in [-0.1, -0.05) is 6.07 Å². The standard InChI is InChI=1S/C13H13N3O/c1-16-8-14-7-12(16)13(17)10-2-3-11-9(6-10)4-5-15-11/h2-8,13,15,17H,1H3. The van der Waals surface area contributed by atoms with E-state index in [-0.39, 0.29) is 0 Å². The molecule has 86 valence electrons. The minimum Gasteiger partial charge on any atom is -0.382 e. The van der Waals surface area contributed by atoms with Gasteiger partial charge in [0.1, 0.15) is 6.10 Å². The third-order valence-corrected chi connectivity index (χ3v) is 3.03. The fourth-order valence-electron chi connectivity index (χ4n) is 2.04. The molecule has 0 saturated heterocycles. The highest BCUT2D eigenvalue weighted by Gasteiger charge is 2.14. The second kappa shape index (κ2) is 3.75. The fourth-order valence-corrected chi connectivity index (χ4v) is 2.04. The topological polar surface area (TPSA) is 53.8 Å². The number of aromatic nitrogens is 3. The first-order chi connectivity index (χ1) is 8.25. The van der Waals surface area contributed by atoms with Crippen LogP contribution in [0.1, 0.15) is 17.4 Å². The van der Waals surface area contributed by atoms with E-state index in [9.17, 15) is 5.11 Å². The summed E-state index contributed by atoms with van der Waals surface area (Å²) in [5.41, 5.74) is 2.74. The molecule has 0 fully saturated rings. The number of rotatable bonds is 2. The SMILES string of the molecule is Cn1cncc1C(O)c1ccc2[nH]ccc2c1. The van der Waals surface area contributed by atoms with Crippen molar-refractivity contribution < 1.29 is 5.11 Å². The molecular formula is C13H13N3O. The molecule has 0 aliphatic heterocycles. The molecule has 0 aliphatic rings. The number of hydrogen-bond acceptors (Lipinski definition) is 2. The quantitative estimate of drug-likeness (QED) is 0.703. The van der Waals surface area contributed by atoms with Crippen LogP contribution in [-0.4, -0.2) is 19.6 Å². The molecule has 0 amide bonds. The highest BCUT2D eigenvalue weighted by molar-refractivity contribution is 5.80. The van der Waals surface area contributed by atoms with E-state index in [1.807, 2.05) is 42.1 Å². The van der Waals surface area contributed by atoms with Gasteiger partial charge in [0.05, 0.1) is 18.2 Å². The maximum absolute atomic E-state index is 10.3. The van der Waals surface area contributed by atoms with E-state index >= 15 is 0 Å². The monoisotopic (exact) mass is 227 g/mol. The van der Waals surface area contributed by atoms with Crippen LogP contribution in [0.15, 0.2) is 43.0 Å². The molecule has 3 rings (SSSR count). The molecule has 2 heterocycles. The third kappa shape index (κ3) is 1.62. The summed E-state index contributed by atoms with van der Waals surface area (Å²) in [4.78, 5) is 7.15. The van der Waals surface area contributed by atoms with Crippen molar-refractivity contribution in [3.63, 3.8) is 0 Å². The van der Waals surface area contributed by atoms with Crippen LogP contribution < -0.4 is 0 Å². The van der Waals surface area contributed by atoms with E-state index in [1.54, 1.807) is 12.5 Å². The number of hydrogen-bond donors (Lipinski definition) is 2. The van der Waals surface area contributed by atoms with E-state index in [0.29, 0.717) is 0 Å². The van der Waals surface area contributed by atoms with Gasteiger partial charge in [0, 0.05) is 18.8 Å². The Morgan fingerprint density at radius 2 is 2.24 bits per heavy atom. The largest absolute Gasteiger partial charge is 0.382 e. The van der Waals surface area contributed by atoms with Crippen LogP contribution in [0.4, 0.5) is 0 Å². The van der Waals surface area contributed by atoms with Crippen molar-refractivity contribution in [3.05, 3.63) is 54.2 Å². The van der Waals surface area contributed by atoms with E-state index < -0.39 is 6.10 Å². The molecule has 0 saturated carbocycles. The van der Waals surface area contributed by atoms with Crippen LogP contribution in [0.5, 0.6) is 0 Å². The Kier molecular flexibility index (Phi) is 2.23. The lowest BCUT2D eigenvalue weighted by Crippen LogP contribution is -2.04. The Hall–Kier alpha value is -2.07. The number of H-pyrrole nitrogens is 1. The van der Waals surface area contributed by atoms with E-state index in [2.05, 4.69) is 9.97 Å². The van der Waals surface area contributed by atoms with E-state index in [1.165, 1.54) is 0 Å². The summed E-state index contributed by atoms with van der Waals surface area (Å²) in [5, 5.41) is 11.4. The lowest BCUT2D eigenvalue weighted by atomic mass is 10.1. The summed E-state index contributed by atoms with van der Waals surface area (Å²) in [5.74, 6) is 0. The molecule has 0 aliphatic carbocycles. The molecule has 2 N–H and O–H groups in total. The smallest absolute Gasteiger partial charge is 0.121 e. The van der Waals surface area contributed by atoms with Gasteiger partial charge in [-0.25, -0.2) is 4.98 Å². The Morgan fingerprint density at radius 3 is 3.00 bits per heavy atom. The van der Waals surface area contributed by atoms with Crippen molar-refractivity contribution in [2.24, 2.45) is 7.05 Å². The van der Waals surface area contributed by atoms with Crippen molar-refractivity contribution in [3.8, 4) is 0 Å². The average Bonchev–Trinajstić information content (AvgIpc) is 2.95. The molecule has 1 atom stereocenters. The number of imidazole rings is 1. The van der Waals surface area contributed by atoms with Gasteiger partial charge in [-0.2, -0.15) is 0 Å². The summed E-state index contributed by atoms with van der Waals surface area (Å²) < 4.78 is 1.83. The highest BCUT2D eigenvalue weighted by atomic mass is 16.3. The van der Waals surface area contributed by atoms with Crippen molar-refractivity contribution in [2.75, 3.05) is 0 Å². The molecule has 17 heavy (non-hydrogen) atoms. The zero-order chi connectivity index (χ0) is 11.8. The molecule has 4 nitrogen and oxygen atoms in total. The Morgan fingerprint density at radius 1 is 1.35 bits per heavy atom. The number of benzene rings is 1. The molecule has 4 heteroatoms. The molecular weight excluding hydrogens is 214 g/mol. The number of fused-ring (bicyclic) bond motifs is 1. The molecule has 1 aromatic carbocycles. The summed E-state index contributed by atoms with van der Waals surface area (Å²) >= 11 is 0. The van der Waals surface area contributed by atoms with Crippen LogP contribution in [-0.2, 0) is 7.05 Å². The van der Waals surface area contributed by atoms with Gasteiger partial charge in [-0.05, 0) is 29.1 Å². The third-order valence-electron chi connectivity index (χ3n) is 3.03. The van der Waals surface area contributed by atoms with Crippen molar-refractivity contribution in [1.29, 1.82) is 0 Å². The highest BCUT2D eigenvalue weighted by Crippen LogP contribution is 2.24. The number of aliphatic hydroxyl groups is 1. The maximum Gasteiger partial charge on any atom is 0.121 e. The normalized spacial score (nSPS) is 13.1. The van der Waals surface area contributed by atoms with Crippen LogP contribution in [0, 0.1) is 0 Å². The average molecular weight is 227 g/mol. The Bertz CT molecular complexity index is 653. The number of aromatic amines is 1. The number of aryl methyl sites for hydroxylation is 1. The predicted molar refractivity (Wildman–Crippen MR) is 65.6 cm³/mol. The van der Waals surface area contributed by atoms with Crippen LogP contribution in [0.2, 0.25) is 0 Å². The second-order valence-corrected chi connectivity index (χ2v) is 4.16. The van der Waals surface area contributed by atoms with Gasteiger partial charge in [0.2, 0.25) is 0 Å². The number of aliphatic hydroxyl groups excluding tert-OH is 1. The van der Waals surface area contributed by atoms with E-state index in [0.717, 1.165) is 22.2 Å². The summed E-state index contributed by atoms with van der Waals surface area (Å²) in [6, 6.07) is 7.89. The van der Waals surface area contributed by atoms with Gasteiger partial charge in [0.25, 0.3) is 0 Å². The Balaban J connectivity index is 2.06. The minimum absolute atomic E-state index is 0.637. The fraction of sp³-hybridized carbons (Fsp3) is 0.154. The maximum atomic E-state index is 10.3. The first-order valence-electron chi connectivity index (χ1n) is 5.47. The molecule has 2 aromatic heterocycles. The van der Waals surface area contributed by atoms with E-state index in [4.69, 9.17) is 0 Å². The van der Waals surface area contributed by atoms with Crippen LogP contribution in [0.3, 0.4) is 0 Å². The molecule has 0 spiro atoms. The summed E-state index contributed by atoms with van der Waals surface area (Å²) in [7, 11) is 1.88. The lowest BCUT2D eigenvalue weighted by Gasteiger charge is -2.11. The number of nitrogens with zero attached hydrogens (tertiary/aromatic N) is 2. The molecule has 1 unspecified atom stereocenters. The first kappa shape index (κ1) is 10.1. The van der Waals surface area contributed by atoms with Gasteiger partial charge < -0.3 is 14.7 Å². The van der Waals surface area contributed by atoms with Gasteiger partial charge in [0.15, 0.2) is 0 Å². The van der Waals surface area contributed by atoms with Gasteiger partial charge >= 0.3 is 0 Å². The minimum atomic E-state index is -0.637. The molecule has 0 radical (unpaired) electrons. The van der Waals surface area contributed by atoms with Gasteiger partial charge in [-0.15, -0.1) is 0 Å². The van der Waals surface area contributed by atoms with Gasteiger partial charge in [-0.3, -0.25) is 0 Å². The van der Waals surface area contributed by atoms with Crippen molar-refractivity contribution >= 4 is 10.9 Å². The van der Waals surface area contributed by atoms with Crippen molar-refractivity contribution in [1.82, 2.24) is 14.5 Å². The summed E-state index contributed by atoms with van der Waals surface area (Å²) in [6.45, 7) is 0. The second-order valence-electron chi connectivity index (χ2n) is 4.16. The van der Waals surface area contributed by atoms with Crippen molar-refractivity contribution in [2.45, 2.75) is 6.10 Å². The van der Waals surface area contributed by atoms with Crippen LogP contribution >= 0.6 is 0 Å². The summed E-state index contributed by atoms with van der Waals surface area (Å²) in [6.07, 6.45) is 4.63. The lowest BCUT2D eigenvalue weighted by molar-refractivity contribution is 0.211. The predicted octanol–water partition coefficient (Wildman–Crippen LogP) is 1.98. The van der Waals surface area contributed by atoms with Crippen LogP contribution in [0.25, 0.3) is 10.9 Å². The zero-order valence-electron chi connectivity index (χ0n) is 9.46. The molecule has 0 bridgehead atoms. The zero-order valence-corrected chi connectivity index (χ0v) is 9.46. The first-order valence-corrected chi connectivity index (χ1v) is 5.47. The molecule has 3 aromatic rings. The Labute approximate surface area is 98.5 Å². The number of nitrogens with one attached hydrogen (secondary N) is 1.